The van der Waals surface area contributed by atoms with Crippen molar-refractivity contribution < 1.29 is 9.53 Å². The Labute approximate surface area is 111 Å². The maximum absolute atomic E-state index is 11.5. The van der Waals surface area contributed by atoms with Crippen molar-refractivity contribution in [2.24, 2.45) is 5.92 Å². The molecule has 0 atom stereocenters. The first kappa shape index (κ1) is 15.2. The molecule has 18 heavy (non-hydrogen) atoms. The van der Waals surface area contributed by atoms with Gasteiger partial charge in [-0.2, -0.15) is 0 Å². The number of carbonyl (C=O) groups is 1. The van der Waals surface area contributed by atoms with Crippen LogP contribution in [0.4, 0.5) is 0 Å². The number of hydrogen-bond donors (Lipinski definition) is 0. The van der Waals surface area contributed by atoms with Gasteiger partial charge in [0.05, 0.1) is 7.11 Å². The smallest absolute Gasteiger partial charge is 0.333 e. The van der Waals surface area contributed by atoms with Gasteiger partial charge in [0.15, 0.2) is 0 Å². The molecule has 3 nitrogen and oxygen atoms in total. The van der Waals surface area contributed by atoms with Crippen molar-refractivity contribution in [2.75, 3.05) is 14.2 Å². The highest BCUT2D eigenvalue weighted by molar-refractivity contribution is 5.87. The van der Waals surface area contributed by atoms with E-state index in [0.717, 1.165) is 18.4 Å². The molecule has 1 heterocycles. The van der Waals surface area contributed by atoms with E-state index in [1.54, 1.807) is 0 Å². The molecule has 1 aliphatic rings. The van der Waals surface area contributed by atoms with Crippen LogP contribution in [-0.2, 0) is 9.53 Å². The molecule has 0 radical (unpaired) electrons. The summed E-state index contributed by atoms with van der Waals surface area (Å²) in [6, 6.07) is 0. The normalized spacial score (nSPS) is 24.9. The second-order valence-electron chi connectivity index (χ2n) is 6.69. The quantitative estimate of drug-likeness (QED) is 0.559. The standard InChI is InChI=1S/C15H27NO2/c1-11(13(17)18-7)8-12-9-14(2,3)16(6)15(4,5)10-12/h8,12H,9-10H2,1-7H3/b11-8+. The molecule has 0 bridgehead atoms. The van der Waals surface area contributed by atoms with Crippen LogP contribution in [0.25, 0.3) is 0 Å². The fraction of sp³-hybridized carbons (Fsp3) is 0.800. The molecule has 3 heteroatoms. The van der Waals surface area contributed by atoms with Crippen molar-refractivity contribution in [1.29, 1.82) is 0 Å². The molecule has 1 rings (SSSR count). The van der Waals surface area contributed by atoms with Gasteiger partial charge < -0.3 is 4.74 Å². The minimum atomic E-state index is -0.218. The third kappa shape index (κ3) is 3.14. The highest BCUT2D eigenvalue weighted by Crippen LogP contribution is 2.40. The summed E-state index contributed by atoms with van der Waals surface area (Å²) in [6.07, 6.45) is 4.23. The second kappa shape index (κ2) is 5.04. The van der Waals surface area contributed by atoms with Crippen LogP contribution in [0.2, 0.25) is 0 Å². The van der Waals surface area contributed by atoms with E-state index in [9.17, 15) is 4.79 Å². The number of allylic oxidation sites excluding steroid dienone is 1. The van der Waals surface area contributed by atoms with Gasteiger partial charge in [0.25, 0.3) is 0 Å². The lowest BCUT2D eigenvalue weighted by Gasteiger charge is -2.53. The minimum Gasteiger partial charge on any atom is -0.466 e. The number of carbonyl (C=O) groups excluding carboxylic acids is 1. The molecular formula is C15H27NO2. The fourth-order valence-electron chi connectivity index (χ4n) is 3.15. The van der Waals surface area contributed by atoms with Crippen LogP contribution in [0.15, 0.2) is 11.6 Å². The zero-order chi connectivity index (χ0) is 14.1. The second-order valence-corrected chi connectivity index (χ2v) is 6.69. The van der Waals surface area contributed by atoms with Crippen molar-refractivity contribution in [3.63, 3.8) is 0 Å². The molecule has 0 spiro atoms. The van der Waals surface area contributed by atoms with E-state index >= 15 is 0 Å². The van der Waals surface area contributed by atoms with Crippen LogP contribution in [0, 0.1) is 5.92 Å². The van der Waals surface area contributed by atoms with Crippen LogP contribution < -0.4 is 0 Å². The molecule has 0 aliphatic carbocycles. The monoisotopic (exact) mass is 253 g/mol. The SMILES string of the molecule is COC(=O)/C(C)=C/C1CC(C)(C)N(C)C(C)(C)C1. The van der Waals surface area contributed by atoms with Crippen molar-refractivity contribution >= 4 is 5.97 Å². The Morgan fingerprint density at radius 3 is 2.06 bits per heavy atom. The number of likely N-dealkylation sites (tertiary alicyclic amines) is 1. The van der Waals surface area contributed by atoms with Gasteiger partial charge in [-0.15, -0.1) is 0 Å². The Balaban J connectivity index is 2.91. The summed E-state index contributed by atoms with van der Waals surface area (Å²) in [5, 5.41) is 0. The van der Waals surface area contributed by atoms with Gasteiger partial charge in [0.2, 0.25) is 0 Å². The van der Waals surface area contributed by atoms with Gasteiger partial charge in [0.1, 0.15) is 0 Å². The molecule has 0 aromatic rings. The first-order chi connectivity index (χ1) is 8.10. The van der Waals surface area contributed by atoms with Crippen LogP contribution in [0.1, 0.15) is 47.5 Å². The van der Waals surface area contributed by atoms with E-state index < -0.39 is 0 Å². The highest BCUT2D eigenvalue weighted by atomic mass is 16.5. The molecule has 1 aliphatic heterocycles. The summed E-state index contributed by atoms with van der Waals surface area (Å²) in [5.74, 6) is 0.217. The predicted molar refractivity (Wildman–Crippen MR) is 74.4 cm³/mol. The van der Waals surface area contributed by atoms with E-state index in [0.29, 0.717) is 5.92 Å². The first-order valence-electron chi connectivity index (χ1n) is 6.61. The number of ether oxygens (including phenoxy) is 1. The average Bonchev–Trinajstić information content (AvgIpc) is 2.23. The third-order valence-electron chi connectivity index (χ3n) is 4.33. The third-order valence-corrected chi connectivity index (χ3v) is 4.33. The van der Waals surface area contributed by atoms with Crippen LogP contribution >= 0.6 is 0 Å². The molecular weight excluding hydrogens is 226 g/mol. The predicted octanol–water partition coefficient (Wildman–Crippen LogP) is 3.00. The lowest BCUT2D eigenvalue weighted by molar-refractivity contribution is -0.136. The van der Waals surface area contributed by atoms with Gasteiger partial charge >= 0.3 is 5.97 Å². The molecule has 104 valence electrons. The lowest BCUT2D eigenvalue weighted by atomic mass is 9.73. The maximum atomic E-state index is 11.5. The summed E-state index contributed by atoms with van der Waals surface area (Å²) in [5.41, 5.74) is 1.03. The van der Waals surface area contributed by atoms with Crippen LogP contribution in [-0.4, -0.2) is 36.1 Å². The average molecular weight is 253 g/mol. The highest BCUT2D eigenvalue weighted by Gasteiger charge is 2.42. The lowest BCUT2D eigenvalue weighted by Crippen LogP contribution is -2.58. The zero-order valence-corrected chi connectivity index (χ0v) is 12.8. The van der Waals surface area contributed by atoms with Crippen molar-refractivity contribution in [1.82, 2.24) is 4.90 Å². The Kier molecular flexibility index (Phi) is 4.26. The Morgan fingerprint density at radius 2 is 1.67 bits per heavy atom. The van der Waals surface area contributed by atoms with Gasteiger partial charge in [-0.05, 0) is 60.4 Å². The number of nitrogens with zero attached hydrogens (tertiary/aromatic N) is 1. The van der Waals surface area contributed by atoms with Crippen molar-refractivity contribution in [3.05, 3.63) is 11.6 Å². The summed E-state index contributed by atoms with van der Waals surface area (Å²) in [7, 11) is 3.62. The summed E-state index contributed by atoms with van der Waals surface area (Å²) < 4.78 is 4.76. The Bertz CT molecular complexity index is 338. The van der Waals surface area contributed by atoms with Gasteiger partial charge in [-0.1, -0.05) is 6.08 Å². The summed E-state index contributed by atoms with van der Waals surface area (Å²) in [4.78, 5) is 13.9. The number of hydrogen-bond acceptors (Lipinski definition) is 3. The minimum absolute atomic E-state index is 0.152. The van der Waals surface area contributed by atoms with Crippen LogP contribution in [0.3, 0.4) is 0 Å². The summed E-state index contributed by atoms with van der Waals surface area (Å²) >= 11 is 0. The number of rotatable bonds is 2. The van der Waals surface area contributed by atoms with E-state index in [1.165, 1.54) is 7.11 Å². The van der Waals surface area contributed by atoms with E-state index in [2.05, 4.69) is 45.7 Å². The van der Waals surface area contributed by atoms with Crippen molar-refractivity contribution in [2.45, 2.75) is 58.5 Å². The molecule has 1 saturated heterocycles. The van der Waals surface area contributed by atoms with Crippen molar-refractivity contribution in [3.8, 4) is 0 Å². The fourth-order valence-corrected chi connectivity index (χ4v) is 3.15. The molecule has 0 saturated carbocycles. The van der Waals surface area contributed by atoms with Gasteiger partial charge in [0, 0.05) is 16.7 Å². The van der Waals surface area contributed by atoms with Gasteiger partial charge in [-0.3, -0.25) is 4.90 Å². The van der Waals surface area contributed by atoms with E-state index in [4.69, 9.17) is 4.74 Å². The topological polar surface area (TPSA) is 29.5 Å². The van der Waals surface area contributed by atoms with E-state index in [1.807, 2.05) is 6.92 Å². The Morgan fingerprint density at radius 1 is 1.22 bits per heavy atom. The molecule has 0 unspecified atom stereocenters. The largest absolute Gasteiger partial charge is 0.466 e. The van der Waals surface area contributed by atoms with Gasteiger partial charge in [-0.25, -0.2) is 4.79 Å². The maximum Gasteiger partial charge on any atom is 0.333 e. The number of methoxy groups -OCH3 is 1. The zero-order valence-electron chi connectivity index (χ0n) is 12.8. The molecule has 0 amide bonds. The molecule has 0 aromatic carbocycles. The Hall–Kier alpha value is -0.830. The summed E-state index contributed by atoms with van der Waals surface area (Å²) in [6.45, 7) is 10.9. The molecule has 0 aromatic heterocycles. The van der Waals surface area contributed by atoms with Crippen LogP contribution in [0.5, 0.6) is 0 Å². The number of piperidine rings is 1. The number of esters is 1. The molecule has 1 fully saturated rings. The van der Waals surface area contributed by atoms with E-state index in [-0.39, 0.29) is 17.0 Å². The molecule has 0 N–H and O–H groups in total. The first-order valence-corrected chi connectivity index (χ1v) is 6.61.